The Morgan fingerprint density at radius 1 is 1.45 bits per heavy atom. The summed E-state index contributed by atoms with van der Waals surface area (Å²) in [7, 11) is 1.87. The molecule has 5 heteroatoms. The van der Waals surface area contributed by atoms with Crippen LogP contribution in [0.1, 0.15) is 61.0 Å². The number of nitrogens with zero attached hydrogens (tertiary/aromatic N) is 2. The fourth-order valence-corrected chi connectivity index (χ4v) is 2.92. The van der Waals surface area contributed by atoms with Gasteiger partial charge in [-0.25, -0.2) is 0 Å². The number of H-pyrrole nitrogens is 1. The van der Waals surface area contributed by atoms with Crippen molar-refractivity contribution in [2.75, 3.05) is 13.6 Å². The first-order chi connectivity index (χ1) is 9.56. The molecular weight excluding hydrogens is 254 g/mol. The van der Waals surface area contributed by atoms with E-state index >= 15 is 0 Å². The SMILES string of the molecule is C[C@@H]1Cc2c(C(=O)N(C)CCC3CC3)n[nH]c2[C@H](C)O1. The summed E-state index contributed by atoms with van der Waals surface area (Å²) in [5.74, 6) is 0.872. The lowest BCUT2D eigenvalue weighted by molar-refractivity contribution is -0.00701. The third kappa shape index (κ3) is 2.59. The molecule has 2 atom stereocenters. The van der Waals surface area contributed by atoms with Crippen LogP contribution in [0.4, 0.5) is 0 Å². The number of carbonyl (C=O) groups excluding carboxylic acids is 1. The summed E-state index contributed by atoms with van der Waals surface area (Å²) < 4.78 is 5.76. The van der Waals surface area contributed by atoms with E-state index in [1.807, 2.05) is 20.9 Å². The van der Waals surface area contributed by atoms with Gasteiger partial charge in [0.15, 0.2) is 5.69 Å². The van der Waals surface area contributed by atoms with E-state index < -0.39 is 0 Å². The number of aromatic amines is 1. The Morgan fingerprint density at radius 3 is 2.90 bits per heavy atom. The van der Waals surface area contributed by atoms with E-state index in [-0.39, 0.29) is 18.1 Å². The molecule has 3 rings (SSSR count). The molecule has 20 heavy (non-hydrogen) atoms. The average Bonchev–Trinajstić information content (AvgIpc) is 3.14. The monoisotopic (exact) mass is 277 g/mol. The third-order valence-electron chi connectivity index (χ3n) is 4.35. The zero-order valence-corrected chi connectivity index (χ0v) is 12.5. The highest BCUT2D eigenvalue weighted by Crippen LogP contribution is 2.33. The molecule has 110 valence electrons. The fourth-order valence-electron chi connectivity index (χ4n) is 2.92. The Hall–Kier alpha value is -1.36. The van der Waals surface area contributed by atoms with Crippen molar-refractivity contribution in [1.29, 1.82) is 0 Å². The molecule has 1 fully saturated rings. The van der Waals surface area contributed by atoms with Crippen LogP contribution in [0.2, 0.25) is 0 Å². The minimum absolute atomic E-state index is 0.0143. The minimum Gasteiger partial charge on any atom is -0.369 e. The van der Waals surface area contributed by atoms with Crippen LogP contribution >= 0.6 is 0 Å². The minimum atomic E-state index is -0.0143. The van der Waals surface area contributed by atoms with E-state index in [4.69, 9.17) is 4.74 Å². The first kappa shape index (κ1) is 13.6. The van der Waals surface area contributed by atoms with Crippen LogP contribution in [0.5, 0.6) is 0 Å². The van der Waals surface area contributed by atoms with Gasteiger partial charge < -0.3 is 9.64 Å². The normalized spacial score (nSPS) is 25.4. The Bertz CT molecular complexity index is 507. The Labute approximate surface area is 119 Å². The van der Waals surface area contributed by atoms with Gasteiger partial charge in [0.05, 0.1) is 17.9 Å². The number of carbonyl (C=O) groups is 1. The van der Waals surface area contributed by atoms with Crippen LogP contribution in [0.25, 0.3) is 0 Å². The number of rotatable bonds is 4. The molecule has 0 bridgehead atoms. The summed E-state index contributed by atoms with van der Waals surface area (Å²) >= 11 is 0. The highest BCUT2D eigenvalue weighted by molar-refractivity contribution is 5.94. The van der Waals surface area contributed by atoms with Crippen molar-refractivity contribution in [3.8, 4) is 0 Å². The highest BCUT2D eigenvalue weighted by atomic mass is 16.5. The van der Waals surface area contributed by atoms with Gasteiger partial charge in [0.25, 0.3) is 5.91 Å². The van der Waals surface area contributed by atoms with Gasteiger partial charge in [-0.05, 0) is 26.2 Å². The first-order valence-corrected chi connectivity index (χ1v) is 7.54. The number of hydrogen-bond acceptors (Lipinski definition) is 3. The number of aromatic nitrogens is 2. The zero-order valence-electron chi connectivity index (χ0n) is 12.5. The maximum atomic E-state index is 12.5. The van der Waals surface area contributed by atoms with E-state index in [9.17, 15) is 4.79 Å². The molecule has 1 aromatic rings. The molecule has 1 amide bonds. The van der Waals surface area contributed by atoms with Gasteiger partial charge >= 0.3 is 0 Å². The average molecular weight is 277 g/mol. The molecule has 0 aromatic carbocycles. The molecule has 2 heterocycles. The quantitative estimate of drug-likeness (QED) is 0.918. The van der Waals surface area contributed by atoms with Gasteiger partial charge in [-0.2, -0.15) is 5.10 Å². The van der Waals surface area contributed by atoms with Gasteiger partial charge in [0.1, 0.15) is 0 Å². The Morgan fingerprint density at radius 2 is 2.20 bits per heavy atom. The lowest BCUT2D eigenvalue weighted by atomic mass is 9.99. The number of nitrogens with one attached hydrogen (secondary N) is 1. The van der Waals surface area contributed by atoms with E-state index in [1.54, 1.807) is 4.90 Å². The summed E-state index contributed by atoms with van der Waals surface area (Å²) in [6.07, 6.45) is 4.65. The number of hydrogen-bond donors (Lipinski definition) is 1. The van der Waals surface area contributed by atoms with Crippen LogP contribution in [0, 0.1) is 5.92 Å². The summed E-state index contributed by atoms with van der Waals surface area (Å²) in [5, 5.41) is 7.24. The van der Waals surface area contributed by atoms with E-state index in [0.29, 0.717) is 5.69 Å². The van der Waals surface area contributed by atoms with Crippen molar-refractivity contribution in [3.05, 3.63) is 17.0 Å². The van der Waals surface area contributed by atoms with E-state index in [1.165, 1.54) is 12.8 Å². The second-order valence-corrected chi connectivity index (χ2v) is 6.22. The van der Waals surface area contributed by atoms with Gasteiger partial charge in [-0.1, -0.05) is 12.8 Å². The second kappa shape index (κ2) is 5.20. The van der Waals surface area contributed by atoms with E-state index in [2.05, 4.69) is 10.2 Å². The number of fused-ring (bicyclic) bond motifs is 1. The smallest absolute Gasteiger partial charge is 0.274 e. The van der Waals surface area contributed by atoms with Crippen LogP contribution in [0.3, 0.4) is 0 Å². The Kier molecular flexibility index (Phi) is 3.54. The number of amides is 1. The van der Waals surface area contributed by atoms with Crippen LogP contribution < -0.4 is 0 Å². The van der Waals surface area contributed by atoms with Crippen molar-refractivity contribution in [2.45, 2.75) is 51.7 Å². The van der Waals surface area contributed by atoms with Crippen LogP contribution in [-0.2, 0) is 11.2 Å². The lowest BCUT2D eigenvalue weighted by Crippen LogP contribution is -2.30. The van der Waals surface area contributed by atoms with Crippen LogP contribution in [-0.4, -0.2) is 40.7 Å². The molecule has 1 aliphatic heterocycles. The molecule has 0 radical (unpaired) electrons. The Balaban J connectivity index is 1.74. The molecule has 1 aliphatic carbocycles. The molecule has 0 spiro atoms. The maximum Gasteiger partial charge on any atom is 0.274 e. The molecule has 0 unspecified atom stereocenters. The molecular formula is C15H23N3O2. The summed E-state index contributed by atoms with van der Waals surface area (Å²) in [4.78, 5) is 14.3. The predicted molar refractivity (Wildman–Crippen MR) is 75.6 cm³/mol. The standard InChI is InChI=1S/C15H23N3O2/c1-9-8-12-13(10(2)20-9)16-17-14(12)15(19)18(3)7-6-11-4-5-11/h9-11H,4-8H2,1-3H3,(H,16,17)/t9-,10+/m1/s1. The molecule has 1 aromatic heterocycles. The topological polar surface area (TPSA) is 58.2 Å². The fraction of sp³-hybridized carbons (Fsp3) is 0.733. The van der Waals surface area contributed by atoms with Crippen molar-refractivity contribution >= 4 is 5.91 Å². The van der Waals surface area contributed by atoms with Crippen LogP contribution in [0.15, 0.2) is 0 Å². The number of ether oxygens (including phenoxy) is 1. The lowest BCUT2D eigenvalue weighted by Gasteiger charge is -2.25. The van der Waals surface area contributed by atoms with Gasteiger partial charge in [-0.3, -0.25) is 9.89 Å². The first-order valence-electron chi connectivity index (χ1n) is 7.54. The third-order valence-corrected chi connectivity index (χ3v) is 4.35. The zero-order chi connectivity index (χ0) is 14.3. The van der Waals surface area contributed by atoms with Crippen molar-refractivity contribution in [3.63, 3.8) is 0 Å². The summed E-state index contributed by atoms with van der Waals surface area (Å²) in [6, 6.07) is 0. The molecule has 1 saturated carbocycles. The summed E-state index contributed by atoms with van der Waals surface area (Å²) in [6.45, 7) is 4.86. The van der Waals surface area contributed by atoms with Gasteiger partial charge in [0, 0.05) is 25.6 Å². The van der Waals surface area contributed by atoms with Crippen molar-refractivity contribution < 1.29 is 9.53 Å². The molecule has 5 nitrogen and oxygen atoms in total. The molecule has 0 saturated heterocycles. The highest BCUT2D eigenvalue weighted by Gasteiger charge is 2.31. The summed E-state index contributed by atoms with van der Waals surface area (Å²) in [5.41, 5.74) is 2.59. The molecule has 1 N–H and O–H groups in total. The predicted octanol–water partition coefficient (Wildman–Crippen LogP) is 2.30. The van der Waals surface area contributed by atoms with Crippen molar-refractivity contribution in [1.82, 2.24) is 15.1 Å². The van der Waals surface area contributed by atoms with E-state index in [0.717, 1.165) is 36.6 Å². The second-order valence-electron chi connectivity index (χ2n) is 6.22. The largest absolute Gasteiger partial charge is 0.369 e. The molecule has 2 aliphatic rings. The van der Waals surface area contributed by atoms with Crippen molar-refractivity contribution in [2.24, 2.45) is 5.92 Å². The van der Waals surface area contributed by atoms with Gasteiger partial charge in [-0.15, -0.1) is 0 Å². The van der Waals surface area contributed by atoms with Gasteiger partial charge in [0.2, 0.25) is 0 Å². The maximum absolute atomic E-state index is 12.5.